The number of ketones is 1. The minimum Gasteiger partial charge on any atom is -0.480 e. The normalized spacial score (nSPS) is 11.6. The molecule has 0 aliphatic carbocycles. The Morgan fingerprint density at radius 2 is 1.24 bits per heavy atom. The Bertz CT molecular complexity index is 1330. The second-order valence-corrected chi connectivity index (χ2v) is 11.7. The number of Topliss-reactive ketones (excluding diaryl/α,β-unsaturated/α-hetero) is 1. The summed E-state index contributed by atoms with van der Waals surface area (Å²) in [6.07, 6.45) is 2.70. The van der Waals surface area contributed by atoms with E-state index in [2.05, 4.69) is 0 Å². The number of benzene rings is 2. The van der Waals surface area contributed by atoms with Gasteiger partial charge in [0.05, 0.1) is 33.3 Å². The van der Waals surface area contributed by atoms with E-state index >= 15 is 0 Å². The highest BCUT2D eigenvalue weighted by molar-refractivity contribution is 6.00. The first-order valence-electron chi connectivity index (χ1n) is 16.6. The molecule has 14 heteroatoms. The van der Waals surface area contributed by atoms with E-state index in [1.54, 1.807) is 17.0 Å². The van der Waals surface area contributed by atoms with Crippen LogP contribution in [0.1, 0.15) is 43.7 Å². The number of unbranched alkanes of at least 4 members (excludes halogenated alkanes) is 2. The van der Waals surface area contributed by atoms with E-state index in [-0.39, 0.29) is 78.0 Å². The van der Waals surface area contributed by atoms with Crippen molar-refractivity contribution in [2.24, 2.45) is 5.92 Å². The molecule has 1 unspecified atom stereocenters. The highest BCUT2D eigenvalue weighted by Crippen LogP contribution is 2.14. The molecule has 0 heterocycles. The number of carbonyl (C=O) groups excluding carboxylic acids is 5. The molecule has 0 saturated carbocycles. The van der Waals surface area contributed by atoms with Crippen LogP contribution in [0.2, 0.25) is 0 Å². The number of carboxylic acid groups (broad SMARTS) is 1. The summed E-state index contributed by atoms with van der Waals surface area (Å²) in [5.41, 5.74) is 1.58. The Labute approximate surface area is 293 Å². The van der Waals surface area contributed by atoms with E-state index in [1.807, 2.05) is 55.5 Å². The van der Waals surface area contributed by atoms with Crippen LogP contribution < -0.4 is 0 Å². The summed E-state index contributed by atoms with van der Waals surface area (Å²) in [4.78, 5) is 78.7. The molecule has 2 rings (SSSR count). The highest BCUT2D eigenvalue weighted by atomic mass is 16.5. The Morgan fingerprint density at radius 1 is 0.720 bits per heavy atom. The van der Waals surface area contributed by atoms with Gasteiger partial charge in [-0.15, -0.1) is 0 Å². The van der Waals surface area contributed by atoms with Crippen molar-refractivity contribution >= 4 is 36.1 Å². The lowest BCUT2D eigenvalue weighted by molar-refractivity contribution is -0.151. The van der Waals surface area contributed by atoms with Crippen LogP contribution >= 0.6 is 0 Å². The monoisotopic (exact) mass is 699 g/mol. The minimum atomic E-state index is -1.16. The third-order valence-electron chi connectivity index (χ3n) is 7.69. The maximum atomic E-state index is 13.5. The summed E-state index contributed by atoms with van der Waals surface area (Å²) in [6, 6.07) is 18.2. The van der Waals surface area contributed by atoms with Gasteiger partial charge in [-0.05, 0) is 17.5 Å². The van der Waals surface area contributed by atoms with Gasteiger partial charge >= 0.3 is 23.9 Å². The third-order valence-corrected chi connectivity index (χ3v) is 7.69. The lowest BCUT2D eigenvalue weighted by Crippen LogP contribution is -2.46. The van der Waals surface area contributed by atoms with Gasteiger partial charge < -0.3 is 24.1 Å². The maximum absolute atomic E-state index is 13.5. The molecule has 14 nitrogen and oxygen atoms in total. The van der Waals surface area contributed by atoms with Gasteiger partial charge in [0.15, 0.2) is 5.78 Å². The molecular weight excluding hydrogens is 650 g/mol. The SMILES string of the molecule is CCCCCC(C(=O)CN(CCN(COC=O)CC(=O)OCc1ccccc1)CCN(CC(=O)O)CC(=O)OCc1ccccc1)C(=O)OC. The van der Waals surface area contributed by atoms with Gasteiger partial charge in [-0.25, -0.2) is 0 Å². The molecular formula is C36H49N3O11. The van der Waals surface area contributed by atoms with Crippen LogP contribution in [0.4, 0.5) is 0 Å². The van der Waals surface area contributed by atoms with Crippen LogP contribution in [0.3, 0.4) is 0 Å². The van der Waals surface area contributed by atoms with Gasteiger partial charge in [0, 0.05) is 26.2 Å². The maximum Gasteiger partial charge on any atom is 0.320 e. The van der Waals surface area contributed by atoms with Gasteiger partial charge in [-0.1, -0.05) is 86.8 Å². The quantitative estimate of drug-likeness (QED) is 0.0361. The molecule has 0 spiro atoms. The predicted octanol–water partition coefficient (Wildman–Crippen LogP) is 2.53. The first-order valence-corrected chi connectivity index (χ1v) is 16.6. The average molecular weight is 700 g/mol. The number of carboxylic acids is 1. The fourth-order valence-corrected chi connectivity index (χ4v) is 4.98. The Hall–Kier alpha value is -4.66. The van der Waals surface area contributed by atoms with E-state index in [9.17, 15) is 33.9 Å². The number of nitrogens with zero attached hydrogens (tertiary/aromatic N) is 3. The minimum absolute atomic E-state index is 0.0284. The van der Waals surface area contributed by atoms with E-state index in [0.717, 1.165) is 24.0 Å². The van der Waals surface area contributed by atoms with Crippen LogP contribution in [0.5, 0.6) is 0 Å². The number of aliphatic carboxylic acids is 1. The number of methoxy groups -OCH3 is 1. The smallest absolute Gasteiger partial charge is 0.320 e. The fourth-order valence-electron chi connectivity index (χ4n) is 4.98. The molecule has 0 amide bonds. The molecule has 2 aromatic carbocycles. The fraction of sp³-hybridized carbons (Fsp3) is 0.500. The molecule has 50 heavy (non-hydrogen) atoms. The van der Waals surface area contributed by atoms with Crippen molar-refractivity contribution in [3.63, 3.8) is 0 Å². The van der Waals surface area contributed by atoms with Crippen molar-refractivity contribution in [1.82, 2.24) is 14.7 Å². The van der Waals surface area contributed by atoms with Gasteiger partial charge in [0.2, 0.25) is 0 Å². The number of carbonyl (C=O) groups is 6. The summed E-state index contributed by atoms with van der Waals surface area (Å²) in [5.74, 6) is -4.34. The standard InChI is InChI=1S/C36H49N3O11/c1-3-4-7-16-31(36(46)47-2)32(41)21-37(17-19-38(22-33(42)43)23-34(44)49-25-29-12-8-5-9-13-29)18-20-39(27-48-28-40)24-35(45)50-26-30-14-10-6-11-15-30/h5-6,8-15,28,31H,3-4,7,16-27H2,1-2H3,(H,42,43). The zero-order chi connectivity index (χ0) is 36.6. The molecule has 0 aliphatic heterocycles. The largest absolute Gasteiger partial charge is 0.480 e. The number of hydrogen-bond acceptors (Lipinski definition) is 13. The van der Waals surface area contributed by atoms with Crippen LogP contribution in [-0.2, 0) is 60.9 Å². The van der Waals surface area contributed by atoms with Gasteiger partial charge in [0.25, 0.3) is 6.47 Å². The highest BCUT2D eigenvalue weighted by Gasteiger charge is 2.29. The zero-order valence-electron chi connectivity index (χ0n) is 28.9. The van der Waals surface area contributed by atoms with Crippen molar-refractivity contribution < 1.29 is 52.8 Å². The molecule has 0 saturated heterocycles. The summed E-state index contributed by atoms with van der Waals surface area (Å²) < 4.78 is 20.6. The lowest BCUT2D eigenvalue weighted by atomic mass is 9.96. The topological polar surface area (TPSA) is 169 Å². The van der Waals surface area contributed by atoms with E-state index in [4.69, 9.17) is 18.9 Å². The molecule has 274 valence electrons. The number of ether oxygens (including phenoxy) is 4. The van der Waals surface area contributed by atoms with E-state index in [1.165, 1.54) is 16.9 Å². The molecule has 2 aromatic rings. The molecule has 0 bridgehead atoms. The van der Waals surface area contributed by atoms with Crippen molar-refractivity contribution in [1.29, 1.82) is 0 Å². The van der Waals surface area contributed by atoms with Gasteiger partial charge in [-0.3, -0.25) is 43.5 Å². The zero-order valence-corrected chi connectivity index (χ0v) is 28.9. The summed E-state index contributed by atoms with van der Waals surface area (Å²) in [6.45, 7) is 1.41. The van der Waals surface area contributed by atoms with Crippen LogP contribution in [0, 0.1) is 5.92 Å². The first-order chi connectivity index (χ1) is 24.1. The van der Waals surface area contributed by atoms with Crippen molar-refractivity contribution in [3.8, 4) is 0 Å². The van der Waals surface area contributed by atoms with Crippen molar-refractivity contribution in [3.05, 3.63) is 71.8 Å². The second-order valence-electron chi connectivity index (χ2n) is 11.7. The van der Waals surface area contributed by atoms with Crippen LogP contribution in [0.15, 0.2) is 60.7 Å². The Morgan fingerprint density at radius 3 is 1.74 bits per heavy atom. The Balaban J connectivity index is 2.15. The first kappa shape index (κ1) is 41.5. The summed E-state index contributed by atoms with van der Waals surface area (Å²) >= 11 is 0. The number of rotatable bonds is 27. The number of esters is 3. The Kier molecular flexibility index (Phi) is 20.3. The predicted molar refractivity (Wildman–Crippen MR) is 181 cm³/mol. The molecule has 0 aliphatic rings. The molecule has 1 N–H and O–H groups in total. The molecule has 0 radical (unpaired) electrons. The lowest BCUT2D eigenvalue weighted by Gasteiger charge is -2.29. The number of hydrogen-bond donors (Lipinski definition) is 1. The molecule has 0 aromatic heterocycles. The van der Waals surface area contributed by atoms with Crippen LogP contribution in [-0.4, -0.2) is 122 Å². The van der Waals surface area contributed by atoms with Gasteiger partial charge in [0.1, 0.15) is 25.9 Å². The third kappa shape index (κ3) is 17.7. The van der Waals surface area contributed by atoms with E-state index < -0.39 is 36.3 Å². The van der Waals surface area contributed by atoms with Crippen LogP contribution in [0.25, 0.3) is 0 Å². The average Bonchev–Trinajstić information content (AvgIpc) is 3.11. The second kappa shape index (κ2) is 24.5. The van der Waals surface area contributed by atoms with Crippen molar-refractivity contribution in [2.75, 3.05) is 66.2 Å². The van der Waals surface area contributed by atoms with Crippen molar-refractivity contribution in [2.45, 2.75) is 45.8 Å². The van der Waals surface area contributed by atoms with Gasteiger partial charge in [-0.2, -0.15) is 0 Å². The summed E-state index contributed by atoms with van der Waals surface area (Å²) in [5, 5.41) is 9.53. The van der Waals surface area contributed by atoms with E-state index in [0.29, 0.717) is 12.8 Å². The molecule has 0 fully saturated rings. The molecule has 1 atom stereocenters. The summed E-state index contributed by atoms with van der Waals surface area (Å²) in [7, 11) is 1.22.